The number of fused-ring (bicyclic) bond motifs is 1. The molecule has 0 radical (unpaired) electrons. The second-order valence-corrected chi connectivity index (χ2v) is 5.65. The van der Waals surface area contributed by atoms with Crippen LogP contribution in [0.25, 0.3) is 22.4 Å². The molecule has 3 rings (SSSR count). The van der Waals surface area contributed by atoms with Crippen molar-refractivity contribution in [3.05, 3.63) is 48.5 Å². The van der Waals surface area contributed by atoms with Crippen LogP contribution in [0.5, 0.6) is 5.75 Å². The molecule has 3 aromatic rings. The Labute approximate surface area is 131 Å². The predicted molar refractivity (Wildman–Crippen MR) is 91.0 cm³/mol. The molecule has 22 heavy (non-hydrogen) atoms. The summed E-state index contributed by atoms with van der Waals surface area (Å²) in [4.78, 5) is 4.75. The third-order valence-corrected chi connectivity index (χ3v) is 4.03. The van der Waals surface area contributed by atoms with Gasteiger partial charge in [0.25, 0.3) is 0 Å². The number of nitrogens with zero attached hydrogens (tertiary/aromatic N) is 2. The van der Waals surface area contributed by atoms with E-state index < -0.39 is 0 Å². The zero-order chi connectivity index (χ0) is 15.4. The Morgan fingerprint density at radius 3 is 2.55 bits per heavy atom. The van der Waals surface area contributed by atoms with Crippen molar-refractivity contribution < 1.29 is 5.11 Å². The van der Waals surface area contributed by atoms with Crippen LogP contribution in [0.3, 0.4) is 0 Å². The number of aromatic hydroxyl groups is 1. The lowest BCUT2D eigenvalue weighted by Gasteiger charge is -2.10. The molecule has 3 heteroatoms. The summed E-state index contributed by atoms with van der Waals surface area (Å²) in [6.07, 6.45) is 4.85. The smallest absolute Gasteiger partial charge is 0.144 e. The van der Waals surface area contributed by atoms with Crippen LogP contribution >= 0.6 is 0 Å². The van der Waals surface area contributed by atoms with Gasteiger partial charge in [0.1, 0.15) is 11.6 Å². The van der Waals surface area contributed by atoms with E-state index in [0.29, 0.717) is 0 Å². The lowest BCUT2D eigenvalue weighted by Crippen LogP contribution is -2.01. The second kappa shape index (κ2) is 6.65. The standard InChI is InChI=1S/C19H22N2O/c1-2-3-4-9-14-21-17-12-7-6-11-16(17)20-19(21)15-10-5-8-13-18(15)22/h5-8,10-13,22H,2-4,9,14H2,1H3. The minimum absolute atomic E-state index is 0.285. The van der Waals surface area contributed by atoms with Crippen LogP contribution in [-0.4, -0.2) is 14.7 Å². The van der Waals surface area contributed by atoms with Crippen molar-refractivity contribution in [1.29, 1.82) is 0 Å². The molecule has 0 fully saturated rings. The van der Waals surface area contributed by atoms with Crippen molar-refractivity contribution in [3.63, 3.8) is 0 Å². The van der Waals surface area contributed by atoms with Gasteiger partial charge >= 0.3 is 0 Å². The van der Waals surface area contributed by atoms with Crippen LogP contribution < -0.4 is 0 Å². The van der Waals surface area contributed by atoms with Crippen LogP contribution in [-0.2, 0) is 6.54 Å². The van der Waals surface area contributed by atoms with Crippen LogP contribution in [0.15, 0.2) is 48.5 Å². The molecule has 0 saturated heterocycles. The molecule has 0 amide bonds. The maximum Gasteiger partial charge on any atom is 0.144 e. The summed E-state index contributed by atoms with van der Waals surface area (Å²) in [5.74, 6) is 1.14. The fraction of sp³-hybridized carbons (Fsp3) is 0.316. The van der Waals surface area contributed by atoms with Crippen molar-refractivity contribution in [2.75, 3.05) is 0 Å². The Balaban J connectivity index is 2.03. The van der Waals surface area contributed by atoms with Gasteiger partial charge in [-0.1, -0.05) is 50.5 Å². The quantitative estimate of drug-likeness (QED) is 0.650. The molecule has 1 heterocycles. The first-order chi connectivity index (χ1) is 10.8. The van der Waals surface area contributed by atoms with Gasteiger partial charge in [-0.25, -0.2) is 4.98 Å². The third kappa shape index (κ3) is 2.84. The van der Waals surface area contributed by atoms with Gasteiger partial charge in [-0.15, -0.1) is 0 Å². The first-order valence-electron chi connectivity index (χ1n) is 8.05. The SMILES string of the molecule is CCCCCCn1c(-c2ccccc2O)nc2ccccc21. The molecule has 0 spiro atoms. The highest BCUT2D eigenvalue weighted by molar-refractivity contribution is 5.81. The minimum atomic E-state index is 0.285. The summed E-state index contributed by atoms with van der Waals surface area (Å²) in [5, 5.41) is 10.2. The zero-order valence-electron chi connectivity index (χ0n) is 13.0. The second-order valence-electron chi connectivity index (χ2n) is 5.65. The number of benzene rings is 2. The molecule has 2 aromatic carbocycles. The Hall–Kier alpha value is -2.29. The average molecular weight is 294 g/mol. The molecule has 0 bridgehead atoms. The highest BCUT2D eigenvalue weighted by Gasteiger charge is 2.14. The average Bonchev–Trinajstić information content (AvgIpc) is 2.90. The highest BCUT2D eigenvalue weighted by atomic mass is 16.3. The van der Waals surface area contributed by atoms with E-state index in [1.165, 1.54) is 19.3 Å². The van der Waals surface area contributed by atoms with E-state index in [2.05, 4.69) is 17.6 Å². The molecular weight excluding hydrogens is 272 g/mol. The van der Waals surface area contributed by atoms with E-state index in [-0.39, 0.29) is 5.75 Å². The first kappa shape index (κ1) is 14.6. The molecule has 0 aliphatic rings. The van der Waals surface area contributed by atoms with Gasteiger partial charge in [-0.3, -0.25) is 0 Å². The summed E-state index contributed by atoms with van der Waals surface area (Å²) >= 11 is 0. The summed E-state index contributed by atoms with van der Waals surface area (Å²) in [6, 6.07) is 15.6. The van der Waals surface area contributed by atoms with Gasteiger partial charge in [0.15, 0.2) is 0 Å². The van der Waals surface area contributed by atoms with Crippen molar-refractivity contribution in [1.82, 2.24) is 9.55 Å². The molecule has 0 aliphatic heterocycles. The topological polar surface area (TPSA) is 38.0 Å². The molecular formula is C19H22N2O. The van der Waals surface area contributed by atoms with E-state index >= 15 is 0 Å². The monoisotopic (exact) mass is 294 g/mol. The number of hydrogen-bond acceptors (Lipinski definition) is 2. The Kier molecular flexibility index (Phi) is 4.42. The number of aromatic nitrogens is 2. The van der Waals surface area contributed by atoms with E-state index in [4.69, 9.17) is 4.98 Å². The van der Waals surface area contributed by atoms with Gasteiger partial charge in [0.2, 0.25) is 0 Å². The molecule has 1 N–H and O–H groups in total. The number of hydrogen-bond donors (Lipinski definition) is 1. The summed E-state index contributed by atoms with van der Waals surface area (Å²) < 4.78 is 2.24. The van der Waals surface area contributed by atoms with Crippen LogP contribution in [0.2, 0.25) is 0 Å². The third-order valence-electron chi connectivity index (χ3n) is 4.03. The van der Waals surface area contributed by atoms with E-state index in [1.807, 2.05) is 36.4 Å². The number of rotatable bonds is 6. The van der Waals surface area contributed by atoms with Crippen LogP contribution in [0, 0.1) is 0 Å². The number of unbranched alkanes of at least 4 members (excludes halogenated alkanes) is 3. The number of aryl methyl sites for hydroxylation is 1. The number of phenols is 1. The number of phenolic OH excluding ortho intramolecular Hbond substituents is 1. The Morgan fingerprint density at radius 1 is 0.955 bits per heavy atom. The van der Waals surface area contributed by atoms with Crippen molar-refractivity contribution in [2.24, 2.45) is 0 Å². The molecule has 0 atom stereocenters. The van der Waals surface area contributed by atoms with E-state index in [1.54, 1.807) is 6.07 Å². The maximum atomic E-state index is 10.2. The maximum absolute atomic E-state index is 10.2. The molecule has 0 unspecified atom stereocenters. The molecule has 0 saturated carbocycles. The highest BCUT2D eigenvalue weighted by Crippen LogP contribution is 2.31. The van der Waals surface area contributed by atoms with Gasteiger partial charge in [-0.2, -0.15) is 0 Å². The first-order valence-corrected chi connectivity index (χ1v) is 8.05. The lowest BCUT2D eigenvalue weighted by atomic mass is 10.1. The van der Waals surface area contributed by atoms with Crippen molar-refractivity contribution in [2.45, 2.75) is 39.2 Å². The van der Waals surface area contributed by atoms with Crippen LogP contribution in [0.4, 0.5) is 0 Å². The molecule has 3 nitrogen and oxygen atoms in total. The van der Waals surface area contributed by atoms with Crippen LogP contribution in [0.1, 0.15) is 32.6 Å². The molecule has 1 aromatic heterocycles. The Bertz CT molecular complexity index is 761. The van der Waals surface area contributed by atoms with Gasteiger partial charge in [0, 0.05) is 6.54 Å². The van der Waals surface area contributed by atoms with Crippen molar-refractivity contribution >= 4 is 11.0 Å². The van der Waals surface area contributed by atoms with E-state index in [9.17, 15) is 5.11 Å². The predicted octanol–water partition coefficient (Wildman–Crippen LogP) is 4.99. The number of imidazole rings is 1. The van der Waals surface area contributed by atoms with Gasteiger partial charge < -0.3 is 9.67 Å². The number of para-hydroxylation sites is 3. The van der Waals surface area contributed by atoms with Gasteiger partial charge in [-0.05, 0) is 30.7 Å². The molecule has 0 aliphatic carbocycles. The largest absolute Gasteiger partial charge is 0.507 e. The zero-order valence-corrected chi connectivity index (χ0v) is 13.0. The normalized spacial score (nSPS) is 11.1. The lowest BCUT2D eigenvalue weighted by molar-refractivity contribution is 0.476. The minimum Gasteiger partial charge on any atom is -0.507 e. The van der Waals surface area contributed by atoms with Crippen molar-refractivity contribution in [3.8, 4) is 17.1 Å². The summed E-state index contributed by atoms with van der Waals surface area (Å²) in [7, 11) is 0. The summed E-state index contributed by atoms with van der Waals surface area (Å²) in [5.41, 5.74) is 2.92. The summed E-state index contributed by atoms with van der Waals surface area (Å²) in [6.45, 7) is 3.16. The Morgan fingerprint density at radius 2 is 1.73 bits per heavy atom. The van der Waals surface area contributed by atoms with Gasteiger partial charge in [0.05, 0.1) is 16.6 Å². The fourth-order valence-corrected chi connectivity index (χ4v) is 2.87. The molecule has 114 valence electrons. The van der Waals surface area contributed by atoms with E-state index in [0.717, 1.165) is 35.4 Å². The fourth-order valence-electron chi connectivity index (χ4n) is 2.87.